The first-order chi connectivity index (χ1) is 8.99. The molecule has 1 N–H and O–H groups in total. The van der Waals surface area contributed by atoms with Crippen LogP contribution < -0.4 is 5.32 Å². The number of amides is 2. The predicted octanol–water partition coefficient (Wildman–Crippen LogP) is 1.94. The lowest BCUT2D eigenvalue weighted by Gasteiger charge is -2.39. The molecule has 0 bridgehead atoms. The van der Waals surface area contributed by atoms with Gasteiger partial charge in [0.2, 0.25) is 11.8 Å². The zero-order chi connectivity index (χ0) is 14.0. The number of hydrogen-bond acceptors (Lipinski definition) is 2. The lowest BCUT2D eigenvalue weighted by atomic mass is 9.97. The van der Waals surface area contributed by atoms with Gasteiger partial charge in [-0.25, -0.2) is 0 Å². The molecule has 4 nitrogen and oxygen atoms in total. The van der Waals surface area contributed by atoms with E-state index in [1.54, 1.807) is 0 Å². The molecule has 0 aromatic carbocycles. The average molecular weight is 266 g/mol. The molecular weight excluding hydrogens is 240 g/mol. The minimum atomic E-state index is -0.315. The molecule has 1 aliphatic heterocycles. The zero-order valence-electron chi connectivity index (χ0n) is 12.3. The maximum Gasteiger partial charge on any atom is 0.245 e. The highest BCUT2D eigenvalue weighted by Crippen LogP contribution is 2.27. The van der Waals surface area contributed by atoms with Gasteiger partial charge in [0.05, 0.1) is 0 Å². The Kier molecular flexibility index (Phi) is 4.48. The van der Waals surface area contributed by atoms with Gasteiger partial charge in [-0.2, -0.15) is 0 Å². The second-order valence-electron chi connectivity index (χ2n) is 6.51. The van der Waals surface area contributed by atoms with Crippen molar-refractivity contribution in [1.29, 1.82) is 0 Å². The molecule has 2 amide bonds. The molecule has 2 aliphatic rings. The van der Waals surface area contributed by atoms with Crippen molar-refractivity contribution in [2.45, 2.75) is 65.0 Å². The topological polar surface area (TPSA) is 49.4 Å². The van der Waals surface area contributed by atoms with Crippen molar-refractivity contribution in [3.8, 4) is 0 Å². The van der Waals surface area contributed by atoms with Crippen molar-refractivity contribution in [2.75, 3.05) is 6.54 Å². The fourth-order valence-electron chi connectivity index (χ4n) is 3.24. The minimum Gasteiger partial charge on any atom is -0.343 e. The first-order valence-electron chi connectivity index (χ1n) is 7.60. The Morgan fingerprint density at radius 3 is 2.47 bits per heavy atom. The van der Waals surface area contributed by atoms with Gasteiger partial charge in [0.15, 0.2) is 0 Å². The molecule has 2 fully saturated rings. The lowest BCUT2D eigenvalue weighted by Crippen LogP contribution is -2.63. The molecule has 2 rings (SSSR count). The standard InChI is InChI=1S/C15H26N2O2/c1-10(2)8-13-15(19)17(11(3)14(18)16-13)9-12-6-4-5-7-12/h10-13H,4-9H2,1-3H3,(H,16,18). The Morgan fingerprint density at radius 1 is 1.26 bits per heavy atom. The van der Waals surface area contributed by atoms with Crippen LogP contribution in [0.3, 0.4) is 0 Å². The van der Waals surface area contributed by atoms with E-state index in [4.69, 9.17) is 0 Å². The fourth-order valence-corrected chi connectivity index (χ4v) is 3.24. The normalized spacial score (nSPS) is 29.2. The van der Waals surface area contributed by atoms with Gasteiger partial charge < -0.3 is 10.2 Å². The van der Waals surface area contributed by atoms with Crippen LogP contribution in [-0.2, 0) is 9.59 Å². The second-order valence-corrected chi connectivity index (χ2v) is 6.51. The van der Waals surface area contributed by atoms with Crippen LogP contribution in [-0.4, -0.2) is 35.3 Å². The largest absolute Gasteiger partial charge is 0.343 e. The summed E-state index contributed by atoms with van der Waals surface area (Å²) in [6.07, 6.45) is 5.67. The molecule has 2 unspecified atom stereocenters. The maximum atomic E-state index is 12.5. The van der Waals surface area contributed by atoms with Crippen molar-refractivity contribution < 1.29 is 9.59 Å². The Bertz CT molecular complexity index is 348. The number of nitrogens with one attached hydrogen (secondary N) is 1. The minimum absolute atomic E-state index is 0.00301. The molecule has 0 spiro atoms. The van der Waals surface area contributed by atoms with E-state index in [-0.39, 0.29) is 23.9 Å². The number of nitrogens with zero attached hydrogens (tertiary/aromatic N) is 1. The number of hydrogen-bond donors (Lipinski definition) is 1. The van der Waals surface area contributed by atoms with E-state index in [1.165, 1.54) is 25.7 Å². The van der Waals surface area contributed by atoms with E-state index in [1.807, 2.05) is 11.8 Å². The predicted molar refractivity (Wildman–Crippen MR) is 74.5 cm³/mol. The summed E-state index contributed by atoms with van der Waals surface area (Å²) in [5.74, 6) is 1.13. The van der Waals surface area contributed by atoms with Gasteiger partial charge >= 0.3 is 0 Å². The smallest absolute Gasteiger partial charge is 0.245 e. The van der Waals surface area contributed by atoms with Gasteiger partial charge in [0.1, 0.15) is 12.1 Å². The van der Waals surface area contributed by atoms with E-state index >= 15 is 0 Å². The number of rotatable bonds is 4. The molecule has 1 saturated heterocycles. The summed E-state index contributed by atoms with van der Waals surface area (Å²) in [7, 11) is 0. The van der Waals surface area contributed by atoms with Crippen molar-refractivity contribution in [3.63, 3.8) is 0 Å². The molecule has 0 aromatic rings. The molecule has 19 heavy (non-hydrogen) atoms. The van der Waals surface area contributed by atoms with Crippen LogP contribution in [0.2, 0.25) is 0 Å². The maximum absolute atomic E-state index is 12.5. The molecule has 108 valence electrons. The van der Waals surface area contributed by atoms with Crippen molar-refractivity contribution in [1.82, 2.24) is 10.2 Å². The van der Waals surface area contributed by atoms with Crippen LogP contribution in [0.15, 0.2) is 0 Å². The van der Waals surface area contributed by atoms with E-state index in [0.29, 0.717) is 11.8 Å². The molecule has 1 aliphatic carbocycles. The summed E-state index contributed by atoms with van der Waals surface area (Å²) in [6, 6.07) is -0.624. The zero-order valence-corrected chi connectivity index (χ0v) is 12.3. The molecule has 2 atom stereocenters. The quantitative estimate of drug-likeness (QED) is 0.845. The Balaban J connectivity index is 2.04. The summed E-state index contributed by atoms with van der Waals surface area (Å²) in [5.41, 5.74) is 0. The molecule has 1 heterocycles. The van der Waals surface area contributed by atoms with Gasteiger partial charge in [-0.1, -0.05) is 26.7 Å². The van der Waals surface area contributed by atoms with Crippen LogP contribution in [0.5, 0.6) is 0 Å². The summed E-state index contributed by atoms with van der Waals surface area (Å²) < 4.78 is 0. The molecular formula is C15H26N2O2. The van der Waals surface area contributed by atoms with E-state index in [9.17, 15) is 9.59 Å². The summed E-state index contributed by atoms with van der Waals surface area (Å²) in [4.78, 5) is 26.3. The molecule has 0 radical (unpaired) electrons. The number of carbonyl (C=O) groups is 2. The third-order valence-electron chi connectivity index (χ3n) is 4.38. The van der Waals surface area contributed by atoms with E-state index in [0.717, 1.165) is 13.0 Å². The van der Waals surface area contributed by atoms with Crippen LogP contribution in [0.4, 0.5) is 0 Å². The highest BCUT2D eigenvalue weighted by molar-refractivity contribution is 5.96. The fraction of sp³-hybridized carbons (Fsp3) is 0.867. The third kappa shape index (κ3) is 3.28. The number of piperazine rings is 1. The summed E-state index contributed by atoms with van der Waals surface area (Å²) in [5, 5.41) is 2.87. The van der Waals surface area contributed by atoms with Gasteiger partial charge in [-0.15, -0.1) is 0 Å². The van der Waals surface area contributed by atoms with E-state index in [2.05, 4.69) is 19.2 Å². The van der Waals surface area contributed by atoms with Crippen LogP contribution in [0.25, 0.3) is 0 Å². The molecule has 1 saturated carbocycles. The third-order valence-corrected chi connectivity index (χ3v) is 4.38. The van der Waals surface area contributed by atoms with Crippen molar-refractivity contribution in [2.24, 2.45) is 11.8 Å². The number of carbonyl (C=O) groups excluding carboxylic acids is 2. The Morgan fingerprint density at radius 2 is 1.89 bits per heavy atom. The van der Waals surface area contributed by atoms with Gasteiger partial charge in [-0.3, -0.25) is 9.59 Å². The van der Waals surface area contributed by atoms with E-state index < -0.39 is 0 Å². The van der Waals surface area contributed by atoms with Crippen LogP contribution >= 0.6 is 0 Å². The first kappa shape index (κ1) is 14.4. The van der Waals surface area contributed by atoms with Gasteiger partial charge in [-0.05, 0) is 38.0 Å². The SMILES string of the molecule is CC(C)CC1NC(=O)C(C)N(CC2CCCC2)C1=O. The highest BCUT2D eigenvalue weighted by Gasteiger charge is 2.39. The van der Waals surface area contributed by atoms with Crippen LogP contribution in [0, 0.1) is 11.8 Å². The summed E-state index contributed by atoms with van der Waals surface area (Å²) >= 11 is 0. The highest BCUT2D eigenvalue weighted by atomic mass is 16.2. The first-order valence-corrected chi connectivity index (χ1v) is 7.60. The van der Waals surface area contributed by atoms with Gasteiger partial charge in [0, 0.05) is 6.54 Å². The molecule has 0 aromatic heterocycles. The average Bonchev–Trinajstić information content (AvgIpc) is 2.84. The van der Waals surface area contributed by atoms with Crippen molar-refractivity contribution in [3.05, 3.63) is 0 Å². The molecule has 4 heteroatoms. The lowest BCUT2D eigenvalue weighted by molar-refractivity contribution is -0.149. The van der Waals surface area contributed by atoms with Crippen LogP contribution in [0.1, 0.15) is 52.9 Å². The van der Waals surface area contributed by atoms with Gasteiger partial charge in [0.25, 0.3) is 0 Å². The summed E-state index contributed by atoms with van der Waals surface area (Å²) in [6.45, 7) is 6.77. The van der Waals surface area contributed by atoms with Crippen molar-refractivity contribution >= 4 is 11.8 Å². The Labute approximate surface area is 115 Å². The second kappa shape index (κ2) is 5.93. The Hall–Kier alpha value is -1.06. The monoisotopic (exact) mass is 266 g/mol.